The van der Waals surface area contributed by atoms with E-state index in [1.165, 1.54) is 0 Å². The van der Waals surface area contributed by atoms with E-state index in [1.54, 1.807) is 10.4 Å². The molecule has 0 aromatic carbocycles. The molecule has 21 heavy (non-hydrogen) atoms. The van der Waals surface area contributed by atoms with Crippen LogP contribution in [-0.4, -0.2) is 31.9 Å². The Morgan fingerprint density at radius 2 is 2.10 bits per heavy atom. The summed E-state index contributed by atoms with van der Waals surface area (Å²) in [7, 11) is -3.41. The van der Waals surface area contributed by atoms with E-state index >= 15 is 0 Å². The number of fused-ring (bicyclic) bond motifs is 1. The summed E-state index contributed by atoms with van der Waals surface area (Å²) in [6.07, 6.45) is 3.22. The smallest absolute Gasteiger partial charge is 0.252 e. The Hall–Kier alpha value is 0.150. The maximum Gasteiger partial charge on any atom is 0.252 e. The third kappa shape index (κ3) is 3.12. The summed E-state index contributed by atoms with van der Waals surface area (Å²) < 4.78 is 27.9. The fourth-order valence-electron chi connectivity index (χ4n) is 3.36. The van der Waals surface area contributed by atoms with Crippen molar-refractivity contribution in [3.8, 4) is 0 Å². The Morgan fingerprint density at radius 1 is 1.38 bits per heavy atom. The van der Waals surface area contributed by atoms with Crippen LogP contribution in [0.15, 0.2) is 10.3 Å². The maximum atomic E-state index is 12.7. The van der Waals surface area contributed by atoms with Crippen LogP contribution in [0.1, 0.15) is 24.8 Å². The van der Waals surface area contributed by atoms with Crippen LogP contribution in [0.25, 0.3) is 0 Å². The van der Waals surface area contributed by atoms with Gasteiger partial charge >= 0.3 is 0 Å². The number of halogens is 2. The number of rotatable bonds is 2. The second-order valence-electron chi connectivity index (χ2n) is 5.86. The lowest BCUT2D eigenvalue weighted by molar-refractivity contribution is 0.260. The van der Waals surface area contributed by atoms with Crippen LogP contribution in [-0.2, 0) is 10.0 Å². The van der Waals surface area contributed by atoms with Gasteiger partial charge in [-0.2, -0.15) is 4.31 Å². The topological polar surface area (TPSA) is 63.4 Å². The molecule has 0 radical (unpaired) electrons. The van der Waals surface area contributed by atoms with Crippen LogP contribution in [0.4, 0.5) is 0 Å². The summed E-state index contributed by atoms with van der Waals surface area (Å²) in [6, 6.07) is 1.81. The predicted octanol–water partition coefficient (Wildman–Crippen LogP) is 2.88. The molecule has 1 aliphatic heterocycles. The molecule has 2 aliphatic rings. The van der Waals surface area contributed by atoms with Crippen molar-refractivity contribution in [2.45, 2.75) is 36.4 Å². The third-order valence-electron chi connectivity index (χ3n) is 4.55. The van der Waals surface area contributed by atoms with Gasteiger partial charge in [0, 0.05) is 19.1 Å². The number of aryl methyl sites for hydroxylation is 1. The molecule has 3 atom stereocenters. The lowest BCUT2D eigenvalue weighted by atomic mass is 9.78. The third-order valence-corrected chi connectivity index (χ3v) is 8.39. The van der Waals surface area contributed by atoms with Crippen molar-refractivity contribution in [3.63, 3.8) is 0 Å². The highest BCUT2D eigenvalue weighted by Crippen LogP contribution is 2.39. The van der Waals surface area contributed by atoms with E-state index in [1.807, 2.05) is 6.92 Å². The largest absolute Gasteiger partial charge is 0.327 e. The molecule has 120 valence electrons. The molecule has 0 bridgehead atoms. The zero-order chi connectivity index (χ0) is 14.5. The molecule has 0 amide bonds. The van der Waals surface area contributed by atoms with Gasteiger partial charge in [-0.25, -0.2) is 8.42 Å². The highest BCUT2D eigenvalue weighted by atomic mass is 35.5. The normalized spacial score (nSPS) is 30.0. The van der Waals surface area contributed by atoms with Crippen molar-refractivity contribution < 1.29 is 8.42 Å². The van der Waals surface area contributed by atoms with Crippen molar-refractivity contribution in [3.05, 3.63) is 16.0 Å². The molecule has 4 nitrogen and oxygen atoms in total. The standard InChI is InChI=1S/C13H19ClN2O2S2.ClH/c1-8-5-12(19-13(8)14)20(17,18)16-6-9-3-2-4-11(15)10(9)7-16;/h5,9-11H,2-4,6-7,15H2,1H3;1H. The van der Waals surface area contributed by atoms with Crippen molar-refractivity contribution >= 4 is 45.4 Å². The van der Waals surface area contributed by atoms with Gasteiger partial charge in [0.1, 0.15) is 4.21 Å². The van der Waals surface area contributed by atoms with E-state index in [0.29, 0.717) is 33.5 Å². The van der Waals surface area contributed by atoms with Crippen LogP contribution >= 0.6 is 35.3 Å². The van der Waals surface area contributed by atoms with E-state index in [-0.39, 0.29) is 18.4 Å². The van der Waals surface area contributed by atoms with Gasteiger partial charge in [-0.15, -0.1) is 23.7 Å². The van der Waals surface area contributed by atoms with Gasteiger partial charge < -0.3 is 5.73 Å². The average Bonchev–Trinajstić information content (AvgIpc) is 2.96. The highest BCUT2D eigenvalue weighted by molar-refractivity contribution is 7.91. The fraction of sp³-hybridized carbons (Fsp3) is 0.692. The van der Waals surface area contributed by atoms with E-state index in [9.17, 15) is 8.42 Å². The monoisotopic (exact) mass is 370 g/mol. The number of nitrogens with zero attached hydrogens (tertiary/aromatic N) is 1. The van der Waals surface area contributed by atoms with Crippen molar-refractivity contribution in [1.82, 2.24) is 4.31 Å². The summed E-state index contributed by atoms with van der Waals surface area (Å²) in [4.78, 5) is 0. The minimum atomic E-state index is -3.41. The van der Waals surface area contributed by atoms with E-state index in [2.05, 4.69) is 0 Å². The number of thiophene rings is 1. The number of sulfonamides is 1. The maximum absolute atomic E-state index is 12.7. The van der Waals surface area contributed by atoms with Crippen LogP contribution < -0.4 is 5.73 Å². The van der Waals surface area contributed by atoms with Crippen LogP contribution in [0.5, 0.6) is 0 Å². The van der Waals surface area contributed by atoms with Gasteiger partial charge in [0.25, 0.3) is 10.0 Å². The first-order valence-electron chi connectivity index (χ1n) is 6.91. The predicted molar refractivity (Wildman–Crippen MR) is 88.9 cm³/mol. The minimum Gasteiger partial charge on any atom is -0.327 e. The van der Waals surface area contributed by atoms with Crippen LogP contribution in [0, 0.1) is 18.8 Å². The highest BCUT2D eigenvalue weighted by Gasteiger charge is 2.43. The van der Waals surface area contributed by atoms with Crippen molar-refractivity contribution in [2.75, 3.05) is 13.1 Å². The molecule has 8 heteroatoms. The second kappa shape index (κ2) is 6.34. The molecule has 1 saturated carbocycles. The first-order chi connectivity index (χ1) is 9.39. The molecule has 0 spiro atoms. The molecule has 1 aromatic rings. The Balaban J connectivity index is 0.00000161. The molecule has 3 unspecified atom stereocenters. The van der Waals surface area contributed by atoms with E-state index in [4.69, 9.17) is 17.3 Å². The first-order valence-corrected chi connectivity index (χ1v) is 9.54. The first kappa shape index (κ1) is 17.5. The number of hydrogen-bond acceptors (Lipinski definition) is 4. The Morgan fingerprint density at radius 3 is 2.67 bits per heavy atom. The van der Waals surface area contributed by atoms with Gasteiger partial charge in [-0.1, -0.05) is 18.0 Å². The quantitative estimate of drug-likeness (QED) is 0.870. The summed E-state index contributed by atoms with van der Waals surface area (Å²) >= 11 is 7.15. The molecule has 1 aromatic heterocycles. The molecular formula is C13H20Cl2N2O2S2. The Labute approximate surface area is 141 Å². The zero-order valence-electron chi connectivity index (χ0n) is 11.8. The molecule has 2 fully saturated rings. The molecule has 1 aliphatic carbocycles. The van der Waals surface area contributed by atoms with Gasteiger partial charge in [-0.05, 0) is 43.2 Å². The number of nitrogens with two attached hydrogens (primary N) is 1. The van der Waals surface area contributed by atoms with Gasteiger partial charge in [0.15, 0.2) is 0 Å². The SMILES string of the molecule is Cc1cc(S(=O)(=O)N2CC3CCCC(N)C3C2)sc1Cl.Cl. The molecule has 2 N–H and O–H groups in total. The van der Waals surface area contributed by atoms with Gasteiger partial charge in [0.05, 0.1) is 4.34 Å². The summed E-state index contributed by atoms with van der Waals surface area (Å²) in [6.45, 7) is 3.00. The lowest BCUT2D eigenvalue weighted by Gasteiger charge is -2.29. The van der Waals surface area contributed by atoms with Crippen LogP contribution in [0.3, 0.4) is 0 Å². The van der Waals surface area contributed by atoms with Crippen LogP contribution in [0.2, 0.25) is 4.34 Å². The van der Waals surface area contributed by atoms with Gasteiger partial charge in [-0.3, -0.25) is 0 Å². The summed E-state index contributed by atoms with van der Waals surface area (Å²) in [5.41, 5.74) is 6.98. The summed E-state index contributed by atoms with van der Waals surface area (Å²) in [5, 5.41) is 0. The molecule has 1 saturated heterocycles. The molecular weight excluding hydrogens is 351 g/mol. The van der Waals surface area contributed by atoms with Gasteiger partial charge in [0.2, 0.25) is 0 Å². The van der Waals surface area contributed by atoms with Crippen molar-refractivity contribution in [2.24, 2.45) is 17.6 Å². The molecule has 3 rings (SSSR count). The number of hydrogen-bond donors (Lipinski definition) is 1. The zero-order valence-corrected chi connectivity index (χ0v) is 15.0. The second-order valence-corrected chi connectivity index (χ2v) is 9.68. The fourth-order valence-corrected chi connectivity index (χ4v) is 6.76. The van der Waals surface area contributed by atoms with E-state index in [0.717, 1.165) is 36.2 Å². The average molecular weight is 371 g/mol. The van der Waals surface area contributed by atoms with E-state index < -0.39 is 10.0 Å². The lowest BCUT2D eigenvalue weighted by Crippen LogP contribution is -2.38. The Bertz CT molecular complexity index is 598. The Kier molecular flexibility index (Phi) is 5.28. The van der Waals surface area contributed by atoms with Crippen molar-refractivity contribution in [1.29, 1.82) is 0 Å². The molecule has 2 heterocycles. The minimum absolute atomic E-state index is 0. The summed E-state index contributed by atoms with van der Waals surface area (Å²) in [5.74, 6) is 0.736.